The lowest BCUT2D eigenvalue weighted by Crippen LogP contribution is -2.15. The Kier molecular flexibility index (Phi) is 5.35. The lowest BCUT2D eigenvalue weighted by molar-refractivity contribution is 0.102. The van der Waals surface area contributed by atoms with Crippen molar-refractivity contribution in [2.24, 2.45) is 0 Å². The number of carbonyl (C=O) groups is 1. The monoisotopic (exact) mass is 362 g/mol. The zero-order valence-electron chi connectivity index (χ0n) is 15.8. The Hall–Kier alpha value is -3.41. The average Bonchev–Trinajstić information content (AvgIpc) is 2.65. The molecule has 3 rings (SSSR count). The van der Waals surface area contributed by atoms with Crippen LogP contribution in [0.25, 0.3) is 0 Å². The highest BCUT2D eigenvalue weighted by atomic mass is 16.5. The number of nitrogens with zero attached hydrogens (tertiary/aromatic N) is 2. The molecular formula is C21H22N4O2. The summed E-state index contributed by atoms with van der Waals surface area (Å²) in [5, 5.41) is 6.15. The number of para-hydroxylation sites is 1. The first-order valence-corrected chi connectivity index (χ1v) is 8.60. The number of aromatic nitrogens is 2. The standard InChI is InChI=1S/C21H22N4O2/c1-13-6-5-7-14(2)20(13)25-19-12-18(22-15(3)23-19)21(26)24-16-8-10-17(27-4)11-9-16/h5-12H,1-4H3,(H,24,26)(H,22,23,25). The zero-order valence-corrected chi connectivity index (χ0v) is 15.8. The Morgan fingerprint density at radius 1 is 0.963 bits per heavy atom. The van der Waals surface area contributed by atoms with Crippen LogP contribution >= 0.6 is 0 Å². The van der Waals surface area contributed by atoms with Gasteiger partial charge in [-0.3, -0.25) is 4.79 Å². The minimum absolute atomic E-state index is 0.296. The minimum atomic E-state index is -0.296. The molecule has 0 spiro atoms. The fourth-order valence-corrected chi connectivity index (χ4v) is 2.76. The Balaban J connectivity index is 1.82. The van der Waals surface area contributed by atoms with E-state index in [9.17, 15) is 4.79 Å². The third kappa shape index (κ3) is 4.41. The molecule has 1 heterocycles. The molecule has 0 radical (unpaired) electrons. The molecule has 0 bridgehead atoms. The van der Waals surface area contributed by atoms with Gasteiger partial charge in [-0.05, 0) is 56.2 Å². The lowest BCUT2D eigenvalue weighted by Gasteiger charge is -2.13. The molecule has 27 heavy (non-hydrogen) atoms. The molecular weight excluding hydrogens is 340 g/mol. The summed E-state index contributed by atoms with van der Waals surface area (Å²) >= 11 is 0. The molecule has 2 aromatic carbocycles. The van der Waals surface area contributed by atoms with E-state index >= 15 is 0 Å². The van der Waals surface area contributed by atoms with Crippen molar-refractivity contribution >= 4 is 23.1 Å². The molecule has 0 saturated carbocycles. The van der Waals surface area contributed by atoms with E-state index < -0.39 is 0 Å². The number of amides is 1. The topological polar surface area (TPSA) is 76.1 Å². The van der Waals surface area contributed by atoms with Crippen molar-refractivity contribution in [1.82, 2.24) is 9.97 Å². The van der Waals surface area contributed by atoms with Crippen molar-refractivity contribution in [3.05, 3.63) is 71.2 Å². The molecule has 0 atom stereocenters. The summed E-state index contributed by atoms with van der Waals surface area (Å²) in [4.78, 5) is 21.3. The van der Waals surface area contributed by atoms with Gasteiger partial charge in [0.25, 0.3) is 5.91 Å². The van der Waals surface area contributed by atoms with Gasteiger partial charge in [-0.15, -0.1) is 0 Å². The molecule has 0 unspecified atom stereocenters. The predicted molar refractivity (Wildman–Crippen MR) is 107 cm³/mol. The number of carbonyl (C=O) groups excluding carboxylic acids is 1. The molecule has 1 aromatic heterocycles. The van der Waals surface area contributed by atoms with Crippen LogP contribution in [-0.2, 0) is 0 Å². The van der Waals surface area contributed by atoms with Gasteiger partial charge in [-0.2, -0.15) is 0 Å². The number of nitrogens with one attached hydrogen (secondary N) is 2. The van der Waals surface area contributed by atoms with Gasteiger partial charge in [0.1, 0.15) is 23.1 Å². The Labute approximate surface area is 158 Å². The van der Waals surface area contributed by atoms with E-state index in [-0.39, 0.29) is 5.91 Å². The van der Waals surface area contributed by atoms with Gasteiger partial charge >= 0.3 is 0 Å². The third-order valence-corrected chi connectivity index (χ3v) is 4.15. The number of aryl methyl sites for hydroxylation is 3. The highest BCUT2D eigenvalue weighted by Crippen LogP contribution is 2.24. The van der Waals surface area contributed by atoms with Crippen molar-refractivity contribution in [3.63, 3.8) is 0 Å². The van der Waals surface area contributed by atoms with E-state index in [4.69, 9.17) is 4.74 Å². The Morgan fingerprint density at radius 3 is 2.26 bits per heavy atom. The number of ether oxygens (including phenoxy) is 1. The molecule has 0 saturated heterocycles. The second kappa shape index (κ2) is 7.86. The number of hydrogen-bond acceptors (Lipinski definition) is 5. The summed E-state index contributed by atoms with van der Waals surface area (Å²) < 4.78 is 5.12. The molecule has 2 N–H and O–H groups in total. The summed E-state index contributed by atoms with van der Waals surface area (Å²) in [5.74, 6) is 1.53. The van der Waals surface area contributed by atoms with Crippen molar-refractivity contribution in [1.29, 1.82) is 0 Å². The Bertz CT molecular complexity index is 948. The van der Waals surface area contributed by atoms with Crippen LogP contribution in [0.15, 0.2) is 48.5 Å². The van der Waals surface area contributed by atoms with Crippen LogP contribution in [0.3, 0.4) is 0 Å². The van der Waals surface area contributed by atoms with Gasteiger partial charge in [0.05, 0.1) is 7.11 Å². The van der Waals surface area contributed by atoms with E-state index in [0.29, 0.717) is 23.0 Å². The second-order valence-corrected chi connectivity index (χ2v) is 6.26. The van der Waals surface area contributed by atoms with Crippen molar-refractivity contribution in [3.8, 4) is 5.75 Å². The predicted octanol–water partition coefficient (Wildman–Crippen LogP) is 4.41. The highest BCUT2D eigenvalue weighted by molar-refractivity contribution is 6.03. The summed E-state index contributed by atoms with van der Waals surface area (Å²) in [6.07, 6.45) is 0. The van der Waals surface area contributed by atoms with Crippen molar-refractivity contribution < 1.29 is 9.53 Å². The van der Waals surface area contributed by atoms with Crippen LogP contribution in [0.5, 0.6) is 5.75 Å². The third-order valence-electron chi connectivity index (χ3n) is 4.15. The van der Waals surface area contributed by atoms with Crippen molar-refractivity contribution in [2.45, 2.75) is 20.8 Å². The molecule has 0 aliphatic rings. The van der Waals surface area contributed by atoms with Gasteiger partial charge in [0.15, 0.2) is 0 Å². The molecule has 6 heteroatoms. The highest BCUT2D eigenvalue weighted by Gasteiger charge is 2.12. The maximum Gasteiger partial charge on any atom is 0.274 e. The summed E-state index contributed by atoms with van der Waals surface area (Å²) in [7, 11) is 1.60. The van der Waals surface area contributed by atoms with E-state index in [1.165, 1.54) is 0 Å². The maximum absolute atomic E-state index is 12.6. The normalized spacial score (nSPS) is 10.4. The van der Waals surface area contributed by atoms with Crippen molar-refractivity contribution in [2.75, 3.05) is 17.7 Å². The molecule has 1 amide bonds. The van der Waals surface area contributed by atoms with Crippen LogP contribution in [0.2, 0.25) is 0 Å². The van der Waals surface area contributed by atoms with Crippen LogP contribution in [0.4, 0.5) is 17.2 Å². The van der Waals surface area contributed by atoms with Crippen LogP contribution < -0.4 is 15.4 Å². The first-order chi connectivity index (χ1) is 13.0. The SMILES string of the molecule is COc1ccc(NC(=O)c2cc(Nc3c(C)cccc3C)nc(C)n2)cc1. The summed E-state index contributed by atoms with van der Waals surface area (Å²) in [6.45, 7) is 5.82. The molecule has 6 nitrogen and oxygen atoms in total. The number of anilines is 3. The fraction of sp³-hybridized carbons (Fsp3) is 0.190. The van der Waals surface area contributed by atoms with Crippen LogP contribution in [0.1, 0.15) is 27.4 Å². The summed E-state index contributed by atoms with van der Waals surface area (Å²) in [5.41, 5.74) is 4.16. The Morgan fingerprint density at radius 2 is 1.63 bits per heavy atom. The van der Waals surface area contributed by atoms with Gasteiger partial charge in [0.2, 0.25) is 0 Å². The molecule has 138 valence electrons. The van der Waals surface area contributed by atoms with E-state index in [1.807, 2.05) is 32.0 Å². The largest absolute Gasteiger partial charge is 0.497 e. The van der Waals surface area contributed by atoms with E-state index in [0.717, 1.165) is 22.6 Å². The molecule has 0 fully saturated rings. The number of hydrogen-bond donors (Lipinski definition) is 2. The van der Waals surface area contributed by atoms with Gasteiger partial charge in [-0.25, -0.2) is 9.97 Å². The van der Waals surface area contributed by atoms with Crippen LogP contribution in [0, 0.1) is 20.8 Å². The zero-order chi connectivity index (χ0) is 19.4. The van der Waals surface area contributed by atoms with E-state index in [1.54, 1.807) is 44.4 Å². The molecule has 0 aliphatic heterocycles. The van der Waals surface area contributed by atoms with E-state index in [2.05, 4.69) is 20.6 Å². The first-order valence-electron chi connectivity index (χ1n) is 8.60. The molecule has 3 aromatic rings. The average molecular weight is 362 g/mol. The maximum atomic E-state index is 12.6. The second-order valence-electron chi connectivity index (χ2n) is 6.26. The smallest absolute Gasteiger partial charge is 0.274 e. The van der Waals surface area contributed by atoms with Gasteiger partial charge < -0.3 is 15.4 Å². The van der Waals surface area contributed by atoms with Gasteiger partial charge in [-0.1, -0.05) is 18.2 Å². The first kappa shape index (κ1) is 18.4. The fourth-order valence-electron chi connectivity index (χ4n) is 2.76. The number of benzene rings is 2. The number of methoxy groups -OCH3 is 1. The van der Waals surface area contributed by atoms with Crippen LogP contribution in [-0.4, -0.2) is 23.0 Å². The molecule has 0 aliphatic carbocycles. The quantitative estimate of drug-likeness (QED) is 0.703. The minimum Gasteiger partial charge on any atom is -0.497 e. The number of rotatable bonds is 5. The van der Waals surface area contributed by atoms with Gasteiger partial charge in [0, 0.05) is 17.4 Å². The lowest BCUT2D eigenvalue weighted by atomic mass is 10.1. The summed E-state index contributed by atoms with van der Waals surface area (Å²) in [6, 6.07) is 14.8.